The monoisotopic (exact) mass is 235 g/mol. The van der Waals surface area contributed by atoms with Gasteiger partial charge in [0, 0.05) is 19.2 Å². The molecule has 1 aliphatic rings. The fraction of sp³-hybridized carbons (Fsp3) is 0.615. The Morgan fingerprint density at radius 2 is 2.41 bits per heavy atom. The van der Waals surface area contributed by atoms with Crippen molar-refractivity contribution < 1.29 is 4.74 Å². The molecule has 2 heterocycles. The summed E-state index contributed by atoms with van der Waals surface area (Å²) in [5.74, 6) is 2.32. The van der Waals surface area contributed by atoms with Gasteiger partial charge < -0.3 is 15.4 Å². The van der Waals surface area contributed by atoms with Crippen molar-refractivity contribution in [3.05, 3.63) is 18.2 Å². The number of hydrogen-bond acceptors (Lipinski definition) is 4. The first-order valence-electron chi connectivity index (χ1n) is 6.38. The van der Waals surface area contributed by atoms with Gasteiger partial charge in [-0.25, -0.2) is 0 Å². The molecule has 0 radical (unpaired) electrons. The molecular formula is C13H21N3O. The predicted octanol–water partition coefficient (Wildman–Crippen LogP) is 1.66. The van der Waals surface area contributed by atoms with Crippen LogP contribution in [0.3, 0.4) is 0 Å². The first kappa shape index (κ1) is 12.2. The van der Waals surface area contributed by atoms with Crippen molar-refractivity contribution in [1.82, 2.24) is 4.98 Å². The standard InChI is InChI=1S/C13H21N3O/c1-2-17-13-7-3-6-12(15-13)16-8-4-5-11(9-14)10-16/h3,6-7,11H,2,4-5,8-10,14H2,1H3. The third kappa shape index (κ3) is 3.09. The van der Waals surface area contributed by atoms with Crippen molar-refractivity contribution in [3.63, 3.8) is 0 Å². The van der Waals surface area contributed by atoms with Gasteiger partial charge in [-0.15, -0.1) is 0 Å². The zero-order valence-electron chi connectivity index (χ0n) is 10.4. The number of rotatable bonds is 4. The van der Waals surface area contributed by atoms with Crippen molar-refractivity contribution in [2.75, 3.05) is 31.1 Å². The zero-order valence-corrected chi connectivity index (χ0v) is 10.4. The molecule has 1 atom stereocenters. The van der Waals surface area contributed by atoms with Gasteiger partial charge in [0.25, 0.3) is 0 Å². The molecule has 1 unspecified atom stereocenters. The number of anilines is 1. The largest absolute Gasteiger partial charge is 0.478 e. The fourth-order valence-corrected chi connectivity index (χ4v) is 2.27. The summed E-state index contributed by atoms with van der Waals surface area (Å²) in [5, 5.41) is 0. The molecule has 4 heteroatoms. The highest BCUT2D eigenvalue weighted by Gasteiger charge is 2.19. The molecule has 4 nitrogen and oxygen atoms in total. The van der Waals surface area contributed by atoms with Gasteiger partial charge >= 0.3 is 0 Å². The molecule has 0 saturated carbocycles. The molecule has 1 fully saturated rings. The minimum absolute atomic E-state index is 0.598. The van der Waals surface area contributed by atoms with E-state index in [1.807, 2.05) is 25.1 Å². The third-order valence-electron chi connectivity index (χ3n) is 3.18. The Labute approximate surface area is 103 Å². The van der Waals surface area contributed by atoms with Gasteiger partial charge in [0.05, 0.1) is 6.61 Å². The highest BCUT2D eigenvalue weighted by Crippen LogP contribution is 2.22. The minimum Gasteiger partial charge on any atom is -0.478 e. The lowest BCUT2D eigenvalue weighted by Crippen LogP contribution is -2.38. The minimum atomic E-state index is 0.598. The Balaban J connectivity index is 2.07. The second-order valence-electron chi connectivity index (χ2n) is 4.46. The third-order valence-corrected chi connectivity index (χ3v) is 3.18. The molecule has 0 aromatic carbocycles. The van der Waals surface area contributed by atoms with Crippen LogP contribution >= 0.6 is 0 Å². The van der Waals surface area contributed by atoms with Crippen LogP contribution in [0.15, 0.2) is 18.2 Å². The molecule has 0 spiro atoms. The predicted molar refractivity (Wildman–Crippen MR) is 69.4 cm³/mol. The quantitative estimate of drug-likeness (QED) is 0.862. The number of ether oxygens (including phenoxy) is 1. The molecule has 0 bridgehead atoms. The first-order valence-corrected chi connectivity index (χ1v) is 6.38. The fourth-order valence-electron chi connectivity index (χ4n) is 2.27. The van der Waals surface area contributed by atoms with Crippen molar-refractivity contribution in [1.29, 1.82) is 0 Å². The van der Waals surface area contributed by atoms with Gasteiger partial charge in [0.1, 0.15) is 5.82 Å². The highest BCUT2D eigenvalue weighted by atomic mass is 16.5. The number of nitrogens with zero attached hydrogens (tertiary/aromatic N) is 2. The SMILES string of the molecule is CCOc1cccc(N2CCCC(CN)C2)n1. The Morgan fingerprint density at radius 3 is 3.18 bits per heavy atom. The number of hydrogen-bond donors (Lipinski definition) is 1. The second-order valence-corrected chi connectivity index (χ2v) is 4.46. The van der Waals surface area contributed by atoms with Crippen LogP contribution in [0.2, 0.25) is 0 Å². The lowest BCUT2D eigenvalue weighted by atomic mass is 9.98. The Hall–Kier alpha value is -1.29. The summed E-state index contributed by atoms with van der Waals surface area (Å²) in [4.78, 5) is 6.83. The number of nitrogens with two attached hydrogens (primary N) is 1. The van der Waals surface area contributed by atoms with Crippen LogP contribution in [0.4, 0.5) is 5.82 Å². The molecule has 17 heavy (non-hydrogen) atoms. The number of piperidine rings is 1. The number of aromatic nitrogens is 1. The van der Waals surface area contributed by atoms with E-state index in [0.717, 1.165) is 25.5 Å². The summed E-state index contributed by atoms with van der Waals surface area (Å²) in [7, 11) is 0. The van der Waals surface area contributed by atoms with E-state index in [0.29, 0.717) is 18.4 Å². The summed E-state index contributed by atoms with van der Waals surface area (Å²) in [6.45, 7) is 5.47. The Morgan fingerprint density at radius 1 is 1.53 bits per heavy atom. The molecule has 1 aromatic heterocycles. The Kier molecular flexibility index (Phi) is 4.20. The Bertz CT molecular complexity index is 356. The maximum Gasteiger partial charge on any atom is 0.215 e. The normalized spacial score (nSPS) is 20.4. The second kappa shape index (κ2) is 5.87. The van der Waals surface area contributed by atoms with Crippen molar-refractivity contribution >= 4 is 5.82 Å². The van der Waals surface area contributed by atoms with Crippen LogP contribution in [0.25, 0.3) is 0 Å². The van der Waals surface area contributed by atoms with E-state index in [2.05, 4.69) is 9.88 Å². The lowest BCUT2D eigenvalue weighted by Gasteiger charge is -2.33. The van der Waals surface area contributed by atoms with E-state index in [4.69, 9.17) is 10.5 Å². The summed E-state index contributed by atoms with van der Waals surface area (Å²) in [6.07, 6.45) is 2.43. The van der Waals surface area contributed by atoms with E-state index in [1.54, 1.807) is 0 Å². The van der Waals surface area contributed by atoms with Gasteiger partial charge in [-0.3, -0.25) is 0 Å². The maximum atomic E-state index is 5.75. The van der Waals surface area contributed by atoms with E-state index in [-0.39, 0.29) is 0 Å². The summed E-state index contributed by atoms with van der Waals surface area (Å²) in [5.41, 5.74) is 5.75. The van der Waals surface area contributed by atoms with Gasteiger partial charge in [-0.05, 0) is 38.3 Å². The van der Waals surface area contributed by atoms with Crippen LogP contribution in [0.5, 0.6) is 5.88 Å². The van der Waals surface area contributed by atoms with Crippen LogP contribution in [-0.2, 0) is 0 Å². The highest BCUT2D eigenvalue weighted by molar-refractivity contribution is 5.41. The van der Waals surface area contributed by atoms with Crippen LogP contribution < -0.4 is 15.4 Å². The van der Waals surface area contributed by atoms with Gasteiger partial charge in [0.2, 0.25) is 5.88 Å². The molecule has 2 rings (SSSR count). The van der Waals surface area contributed by atoms with Crippen molar-refractivity contribution in [2.45, 2.75) is 19.8 Å². The average molecular weight is 235 g/mol. The van der Waals surface area contributed by atoms with Gasteiger partial charge in [0.15, 0.2) is 0 Å². The maximum absolute atomic E-state index is 5.75. The molecule has 1 aliphatic heterocycles. The van der Waals surface area contributed by atoms with Crippen LogP contribution in [0, 0.1) is 5.92 Å². The average Bonchev–Trinajstić information content (AvgIpc) is 2.40. The molecule has 0 aliphatic carbocycles. The van der Waals surface area contributed by atoms with Gasteiger partial charge in [-0.2, -0.15) is 4.98 Å². The topological polar surface area (TPSA) is 51.4 Å². The molecule has 1 saturated heterocycles. The van der Waals surface area contributed by atoms with Gasteiger partial charge in [-0.1, -0.05) is 6.07 Å². The van der Waals surface area contributed by atoms with E-state index in [9.17, 15) is 0 Å². The van der Waals surface area contributed by atoms with Crippen molar-refractivity contribution in [3.8, 4) is 5.88 Å². The zero-order chi connectivity index (χ0) is 12.1. The summed E-state index contributed by atoms with van der Waals surface area (Å²) >= 11 is 0. The molecular weight excluding hydrogens is 214 g/mol. The number of pyridine rings is 1. The summed E-state index contributed by atoms with van der Waals surface area (Å²) in [6, 6.07) is 5.94. The van der Waals surface area contributed by atoms with E-state index in [1.165, 1.54) is 12.8 Å². The molecule has 0 amide bonds. The van der Waals surface area contributed by atoms with E-state index >= 15 is 0 Å². The van der Waals surface area contributed by atoms with E-state index < -0.39 is 0 Å². The summed E-state index contributed by atoms with van der Waals surface area (Å²) < 4.78 is 5.43. The lowest BCUT2D eigenvalue weighted by molar-refractivity contribution is 0.326. The van der Waals surface area contributed by atoms with Crippen molar-refractivity contribution in [2.24, 2.45) is 11.7 Å². The first-order chi connectivity index (χ1) is 8.33. The van der Waals surface area contributed by atoms with Crippen LogP contribution in [0.1, 0.15) is 19.8 Å². The molecule has 94 valence electrons. The van der Waals surface area contributed by atoms with Crippen LogP contribution in [-0.4, -0.2) is 31.2 Å². The molecule has 2 N–H and O–H groups in total. The smallest absolute Gasteiger partial charge is 0.215 e. The molecule has 1 aromatic rings.